The van der Waals surface area contributed by atoms with E-state index in [1.54, 1.807) is 0 Å². The molecule has 0 saturated carbocycles. The number of carbonyl (C=O) groups is 2. The maximum Gasteiger partial charge on any atom is 0.326 e. The normalized spacial score (nSPS) is 11.6. The van der Waals surface area contributed by atoms with E-state index in [2.05, 4.69) is 0 Å². The van der Waals surface area contributed by atoms with Crippen molar-refractivity contribution in [3.8, 4) is 0 Å². The van der Waals surface area contributed by atoms with Gasteiger partial charge in [0.15, 0.2) is 0 Å². The summed E-state index contributed by atoms with van der Waals surface area (Å²) in [5.41, 5.74) is -3.00. The third-order valence-corrected chi connectivity index (χ3v) is 1.32. The lowest BCUT2D eigenvalue weighted by molar-refractivity contribution is -0.174. The molecule has 0 fully saturated rings. The van der Waals surface area contributed by atoms with Crippen LogP contribution in [0.2, 0.25) is 0 Å². The van der Waals surface area contributed by atoms with Gasteiger partial charge in [-0.1, -0.05) is 0 Å². The number of carboxylic acid groups (broad SMARTS) is 2. The molecule has 0 bridgehead atoms. The summed E-state index contributed by atoms with van der Waals surface area (Å²) in [5, 5.41) is 16.2. The molecule has 6 heteroatoms. The molecule has 0 radical (unpaired) electrons. The molecule has 0 aromatic heterocycles. The molecular weight excluding hydrogens is 162 g/mol. The summed E-state index contributed by atoms with van der Waals surface area (Å²) in [7, 11) is 0. The van der Waals surface area contributed by atoms with Gasteiger partial charge >= 0.3 is 11.9 Å². The lowest BCUT2D eigenvalue weighted by atomic mass is 9.92. The van der Waals surface area contributed by atoms with Gasteiger partial charge in [0.25, 0.3) is 6.43 Å². The van der Waals surface area contributed by atoms with Crippen molar-refractivity contribution in [2.45, 2.75) is 13.3 Å². The summed E-state index contributed by atoms with van der Waals surface area (Å²) in [4.78, 5) is 20.1. The molecule has 0 aliphatic heterocycles. The predicted octanol–water partition coefficient (Wildman–Crippen LogP) is 0.427. The largest absolute Gasteiger partial charge is 0.480 e. The number of hydrogen-bond donors (Lipinski definition) is 2. The summed E-state index contributed by atoms with van der Waals surface area (Å²) < 4.78 is 23.6. The van der Waals surface area contributed by atoms with Crippen molar-refractivity contribution in [3.63, 3.8) is 0 Å². The van der Waals surface area contributed by atoms with Crippen LogP contribution in [0.3, 0.4) is 0 Å². The van der Waals surface area contributed by atoms with Crippen LogP contribution in [-0.2, 0) is 9.59 Å². The molecule has 0 aromatic carbocycles. The third-order valence-electron chi connectivity index (χ3n) is 1.32. The lowest BCUT2D eigenvalue weighted by Gasteiger charge is -2.17. The van der Waals surface area contributed by atoms with Crippen molar-refractivity contribution in [3.05, 3.63) is 0 Å². The smallest absolute Gasteiger partial charge is 0.326 e. The predicted molar refractivity (Wildman–Crippen MR) is 29.4 cm³/mol. The molecule has 2 N–H and O–H groups in total. The quantitative estimate of drug-likeness (QED) is 0.599. The Morgan fingerprint density at radius 3 is 1.55 bits per heavy atom. The molecule has 0 spiro atoms. The zero-order valence-electron chi connectivity index (χ0n) is 5.54. The molecule has 11 heavy (non-hydrogen) atoms. The molecule has 4 nitrogen and oxygen atoms in total. The van der Waals surface area contributed by atoms with Gasteiger partial charge in [0.05, 0.1) is 0 Å². The molecule has 0 aromatic rings. The van der Waals surface area contributed by atoms with Crippen molar-refractivity contribution in [1.82, 2.24) is 0 Å². The minimum atomic E-state index is -3.42. The first-order chi connectivity index (χ1) is 4.83. The third kappa shape index (κ3) is 1.44. The monoisotopic (exact) mass is 168 g/mol. The molecule has 0 atom stereocenters. The first kappa shape index (κ1) is 9.80. The molecular formula is C5H6F2O4. The number of halogens is 2. The maximum atomic E-state index is 11.8. The van der Waals surface area contributed by atoms with Gasteiger partial charge < -0.3 is 10.2 Å². The van der Waals surface area contributed by atoms with Crippen LogP contribution >= 0.6 is 0 Å². The minimum Gasteiger partial charge on any atom is -0.480 e. The van der Waals surface area contributed by atoms with Gasteiger partial charge in [-0.2, -0.15) is 0 Å². The number of alkyl halides is 2. The number of hydrogen-bond acceptors (Lipinski definition) is 2. The van der Waals surface area contributed by atoms with Gasteiger partial charge in [-0.15, -0.1) is 0 Å². The van der Waals surface area contributed by atoms with Crippen LogP contribution in [0, 0.1) is 5.41 Å². The Kier molecular flexibility index (Phi) is 2.50. The molecule has 0 saturated heterocycles. The zero-order chi connectivity index (χ0) is 9.23. The molecule has 64 valence electrons. The fourth-order valence-electron chi connectivity index (χ4n) is 0.278. The van der Waals surface area contributed by atoms with E-state index in [4.69, 9.17) is 10.2 Å². The second kappa shape index (κ2) is 2.81. The Bertz CT molecular complexity index is 175. The summed E-state index contributed by atoms with van der Waals surface area (Å²) >= 11 is 0. The van der Waals surface area contributed by atoms with Crippen molar-refractivity contribution >= 4 is 11.9 Å². The van der Waals surface area contributed by atoms with E-state index in [0.29, 0.717) is 6.92 Å². The summed E-state index contributed by atoms with van der Waals surface area (Å²) in [5.74, 6) is -4.08. The van der Waals surface area contributed by atoms with E-state index < -0.39 is 23.8 Å². The highest BCUT2D eigenvalue weighted by Gasteiger charge is 2.50. The van der Waals surface area contributed by atoms with Crippen LogP contribution in [-0.4, -0.2) is 28.6 Å². The van der Waals surface area contributed by atoms with Crippen molar-refractivity contribution in [2.75, 3.05) is 0 Å². The summed E-state index contributed by atoms with van der Waals surface area (Å²) in [6.45, 7) is 0.461. The van der Waals surface area contributed by atoms with Gasteiger partial charge in [0, 0.05) is 0 Å². The van der Waals surface area contributed by atoms with Gasteiger partial charge in [-0.25, -0.2) is 8.78 Å². The fraction of sp³-hybridized carbons (Fsp3) is 0.600. The second-order valence-electron chi connectivity index (χ2n) is 2.11. The number of aliphatic carboxylic acids is 2. The molecule has 0 aliphatic carbocycles. The topological polar surface area (TPSA) is 74.6 Å². The highest BCUT2D eigenvalue weighted by atomic mass is 19.3. The zero-order valence-corrected chi connectivity index (χ0v) is 5.54. The Morgan fingerprint density at radius 2 is 1.55 bits per heavy atom. The molecule has 0 amide bonds. The Morgan fingerprint density at radius 1 is 1.27 bits per heavy atom. The first-order valence-electron chi connectivity index (χ1n) is 2.58. The maximum absolute atomic E-state index is 11.8. The van der Waals surface area contributed by atoms with Gasteiger partial charge in [-0.05, 0) is 6.92 Å². The lowest BCUT2D eigenvalue weighted by Crippen LogP contribution is -2.42. The van der Waals surface area contributed by atoms with Crippen LogP contribution in [0.25, 0.3) is 0 Å². The molecule has 0 aliphatic rings. The average Bonchev–Trinajstić information content (AvgIpc) is 1.84. The highest BCUT2D eigenvalue weighted by molar-refractivity contribution is 5.98. The number of carboxylic acids is 2. The van der Waals surface area contributed by atoms with Crippen LogP contribution in [0.4, 0.5) is 8.78 Å². The van der Waals surface area contributed by atoms with E-state index in [0.717, 1.165) is 0 Å². The van der Waals surface area contributed by atoms with E-state index in [9.17, 15) is 18.4 Å². The highest BCUT2D eigenvalue weighted by Crippen LogP contribution is 2.25. The molecule has 0 rings (SSSR count). The van der Waals surface area contributed by atoms with Crippen molar-refractivity contribution in [2.24, 2.45) is 5.41 Å². The number of rotatable bonds is 3. The van der Waals surface area contributed by atoms with Crippen LogP contribution in [0.15, 0.2) is 0 Å². The Labute approximate surface area is 60.4 Å². The van der Waals surface area contributed by atoms with Gasteiger partial charge in [0.2, 0.25) is 5.41 Å². The Balaban J connectivity index is 4.82. The summed E-state index contributed by atoms with van der Waals surface area (Å²) in [6.07, 6.45) is -3.42. The van der Waals surface area contributed by atoms with Crippen molar-refractivity contribution in [1.29, 1.82) is 0 Å². The van der Waals surface area contributed by atoms with Crippen molar-refractivity contribution < 1.29 is 28.6 Å². The van der Waals surface area contributed by atoms with Crippen LogP contribution in [0.5, 0.6) is 0 Å². The van der Waals surface area contributed by atoms with E-state index >= 15 is 0 Å². The summed E-state index contributed by atoms with van der Waals surface area (Å²) in [6, 6.07) is 0. The van der Waals surface area contributed by atoms with E-state index in [-0.39, 0.29) is 0 Å². The van der Waals surface area contributed by atoms with E-state index in [1.165, 1.54) is 0 Å². The Hall–Kier alpha value is -1.20. The van der Waals surface area contributed by atoms with Crippen LogP contribution in [0.1, 0.15) is 6.92 Å². The minimum absolute atomic E-state index is 0.461. The van der Waals surface area contributed by atoms with Gasteiger partial charge in [0.1, 0.15) is 0 Å². The SMILES string of the molecule is CC(C(=O)O)(C(=O)O)C(F)F. The van der Waals surface area contributed by atoms with Crippen LogP contribution < -0.4 is 0 Å². The second-order valence-corrected chi connectivity index (χ2v) is 2.11. The average molecular weight is 168 g/mol. The first-order valence-corrected chi connectivity index (χ1v) is 2.58. The van der Waals surface area contributed by atoms with Gasteiger partial charge in [-0.3, -0.25) is 9.59 Å². The standard InChI is InChI=1S/C5H6F2O4/c1-5(2(6)7,3(8)9)4(10)11/h2H,1H3,(H,8,9)(H,10,11). The van der Waals surface area contributed by atoms with E-state index in [1.807, 2.05) is 0 Å². The molecule has 0 heterocycles. The molecule has 0 unspecified atom stereocenters. The fourth-order valence-corrected chi connectivity index (χ4v) is 0.278.